The first-order chi connectivity index (χ1) is 13.6. The van der Waals surface area contributed by atoms with Crippen molar-refractivity contribution in [1.82, 2.24) is 20.0 Å². The fourth-order valence-corrected chi connectivity index (χ4v) is 3.83. The molecule has 7 nitrogen and oxygen atoms in total. The van der Waals surface area contributed by atoms with Crippen LogP contribution in [-0.2, 0) is 22.6 Å². The summed E-state index contributed by atoms with van der Waals surface area (Å²) < 4.78 is 5.54. The lowest BCUT2D eigenvalue weighted by molar-refractivity contribution is -0.142. The highest BCUT2D eigenvalue weighted by Gasteiger charge is 2.30. The van der Waals surface area contributed by atoms with Crippen LogP contribution in [0, 0.1) is 0 Å². The number of rotatable bonds is 5. The van der Waals surface area contributed by atoms with Crippen LogP contribution in [0.15, 0.2) is 29.3 Å². The number of carbonyl (C=O) groups excluding carboxylic acids is 1. The molecule has 0 bridgehead atoms. The molecule has 2 fully saturated rings. The summed E-state index contributed by atoms with van der Waals surface area (Å²) in [6.45, 7) is 5.40. The molecule has 1 aromatic carbocycles. The maximum Gasteiger partial charge on any atom is 0.251 e. The topological polar surface area (TPSA) is 60.4 Å². The Morgan fingerprint density at radius 3 is 2.52 bits per heavy atom. The molecule has 0 radical (unpaired) electrons. The molecule has 8 heteroatoms. The Morgan fingerprint density at radius 1 is 1.21 bits per heavy atom. The number of nitrogens with one attached hydrogen (secondary N) is 1. The van der Waals surface area contributed by atoms with E-state index < -0.39 is 0 Å². The summed E-state index contributed by atoms with van der Waals surface area (Å²) in [6, 6.07) is 8.63. The molecule has 2 aliphatic rings. The molecule has 2 saturated heterocycles. The maximum atomic E-state index is 12.5. The molecule has 2 aliphatic heterocycles. The van der Waals surface area contributed by atoms with Gasteiger partial charge in [0.05, 0.1) is 0 Å². The summed E-state index contributed by atoms with van der Waals surface area (Å²) in [5, 5.41) is 3.47. The second-order valence-electron chi connectivity index (χ2n) is 7.77. The van der Waals surface area contributed by atoms with Gasteiger partial charge < -0.3 is 24.8 Å². The van der Waals surface area contributed by atoms with E-state index in [4.69, 9.17) is 4.74 Å². The average molecular weight is 515 g/mol. The van der Waals surface area contributed by atoms with E-state index in [9.17, 15) is 4.79 Å². The van der Waals surface area contributed by atoms with Gasteiger partial charge in [0.25, 0.3) is 5.91 Å². The van der Waals surface area contributed by atoms with Crippen LogP contribution >= 0.6 is 24.0 Å². The third-order valence-electron chi connectivity index (χ3n) is 5.25. The summed E-state index contributed by atoms with van der Waals surface area (Å²) in [6.07, 6.45) is 1.62. The highest BCUT2D eigenvalue weighted by Crippen LogP contribution is 2.16. The van der Waals surface area contributed by atoms with Crippen LogP contribution < -0.4 is 5.32 Å². The van der Waals surface area contributed by atoms with Crippen molar-refractivity contribution in [2.75, 3.05) is 53.9 Å². The molecule has 29 heavy (non-hydrogen) atoms. The molecule has 1 N–H and O–H groups in total. The summed E-state index contributed by atoms with van der Waals surface area (Å²) in [5.41, 5.74) is 2.55. The number of ether oxygens (including phenoxy) is 1. The monoisotopic (exact) mass is 515 g/mol. The number of halogens is 1. The van der Waals surface area contributed by atoms with Gasteiger partial charge in [-0.05, 0) is 38.1 Å². The second-order valence-corrected chi connectivity index (χ2v) is 7.77. The lowest BCUT2D eigenvalue weighted by Crippen LogP contribution is -2.55. The van der Waals surface area contributed by atoms with Crippen LogP contribution in [0.4, 0.5) is 0 Å². The third kappa shape index (κ3) is 6.82. The van der Waals surface area contributed by atoms with Crippen LogP contribution in [0.3, 0.4) is 0 Å². The fraction of sp³-hybridized carbons (Fsp3) is 0.619. The van der Waals surface area contributed by atoms with E-state index in [1.54, 1.807) is 0 Å². The molecule has 0 spiro atoms. The number of amides is 1. The summed E-state index contributed by atoms with van der Waals surface area (Å²) in [7, 11) is 5.97. The molecule has 1 amide bonds. The van der Waals surface area contributed by atoms with E-state index >= 15 is 0 Å². The van der Waals surface area contributed by atoms with Crippen LogP contribution in [0.5, 0.6) is 0 Å². The standard InChI is InChI=1S/C21H33N5O2.HI/c1-22-21(23-15-17-6-4-7-18(14-17)16-24(2)3)26-11-9-25(10-12-26)20(27)19-8-5-13-28-19;/h4,6-7,14,19H,5,8-13,15-16H2,1-3H3,(H,22,23);1H. The van der Waals surface area contributed by atoms with Crippen molar-refractivity contribution in [1.29, 1.82) is 0 Å². The molecule has 0 aliphatic carbocycles. The van der Waals surface area contributed by atoms with E-state index in [-0.39, 0.29) is 36.0 Å². The number of guanidine groups is 1. The van der Waals surface area contributed by atoms with Gasteiger partial charge in [0, 0.05) is 52.9 Å². The number of aliphatic imine (C=N–C) groups is 1. The van der Waals surface area contributed by atoms with Gasteiger partial charge in [0.2, 0.25) is 0 Å². The normalized spacial score (nSPS) is 20.0. The zero-order chi connectivity index (χ0) is 19.9. The SMILES string of the molecule is CN=C(NCc1cccc(CN(C)C)c1)N1CCN(C(=O)C2CCCO2)CC1.I. The smallest absolute Gasteiger partial charge is 0.251 e. The summed E-state index contributed by atoms with van der Waals surface area (Å²) in [5.74, 6) is 1.04. The van der Waals surface area contributed by atoms with Gasteiger partial charge in [-0.3, -0.25) is 9.79 Å². The van der Waals surface area contributed by atoms with E-state index in [0.29, 0.717) is 6.61 Å². The number of carbonyl (C=O) groups is 1. The predicted octanol–water partition coefficient (Wildman–Crippen LogP) is 1.76. The largest absolute Gasteiger partial charge is 0.368 e. The Hall–Kier alpha value is -1.39. The molecule has 1 unspecified atom stereocenters. The molecule has 1 atom stereocenters. The molecule has 3 rings (SSSR count). The van der Waals surface area contributed by atoms with Crippen LogP contribution in [0.25, 0.3) is 0 Å². The fourth-order valence-electron chi connectivity index (χ4n) is 3.83. The van der Waals surface area contributed by atoms with E-state index in [0.717, 1.165) is 58.1 Å². The molecule has 1 aromatic rings. The van der Waals surface area contributed by atoms with Crippen molar-refractivity contribution in [3.8, 4) is 0 Å². The van der Waals surface area contributed by atoms with Gasteiger partial charge >= 0.3 is 0 Å². The Morgan fingerprint density at radius 2 is 1.90 bits per heavy atom. The maximum absolute atomic E-state index is 12.5. The van der Waals surface area contributed by atoms with Crippen molar-refractivity contribution < 1.29 is 9.53 Å². The van der Waals surface area contributed by atoms with Gasteiger partial charge in [-0.25, -0.2) is 0 Å². The highest BCUT2D eigenvalue weighted by atomic mass is 127. The highest BCUT2D eigenvalue weighted by molar-refractivity contribution is 14.0. The summed E-state index contributed by atoms with van der Waals surface area (Å²) >= 11 is 0. The van der Waals surface area contributed by atoms with Crippen molar-refractivity contribution in [2.45, 2.75) is 32.0 Å². The number of hydrogen-bond acceptors (Lipinski definition) is 4. The minimum absolute atomic E-state index is 0. The molecule has 0 saturated carbocycles. The van der Waals surface area contributed by atoms with E-state index in [1.807, 2.05) is 11.9 Å². The minimum atomic E-state index is -0.224. The Kier molecular flexibility index (Phi) is 9.64. The Labute approximate surface area is 191 Å². The number of piperazine rings is 1. The zero-order valence-corrected chi connectivity index (χ0v) is 20.1. The predicted molar refractivity (Wildman–Crippen MR) is 127 cm³/mol. The zero-order valence-electron chi connectivity index (χ0n) is 17.8. The van der Waals surface area contributed by atoms with Crippen LogP contribution in [0.1, 0.15) is 24.0 Å². The average Bonchev–Trinajstić information content (AvgIpc) is 3.23. The number of nitrogens with zero attached hydrogens (tertiary/aromatic N) is 4. The first kappa shape index (κ1) is 23.9. The molecule has 162 valence electrons. The molecular formula is C21H34IN5O2. The van der Waals surface area contributed by atoms with Crippen LogP contribution in [0.2, 0.25) is 0 Å². The van der Waals surface area contributed by atoms with Crippen molar-refractivity contribution in [3.05, 3.63) is 35.4 Å². The van der Waals surface area contributed by atoms with Crippen LogP contribution in [-0.4, -0.2) is 86.6 Å². The Bertz CT molecular complexity index is 683. The van der Waals surface area contributed by atoms with Gasteiger partial charge in [-0.2, -0.15) is 0 Å². The van der Waals surface area contributed by atoms with Gasteiger partial charge in [0.15, 0.2) is 5.96 Å². The number of hydrogen-bond donors (Lipinski definition) is 1. The molecule has 0 aromatic heterocycles. The number of benzene rings is 1. The van der Waals surface area contributed by atoms with E-state index in [1.165, 1.54) is 11.1 Å². The van der Waals surface area contributed by atoms with E-state index in [2.05, 4.69) is 58.5 Å². The molecule has 2 heterocycles. The third-order valence-corrected chi connectivity index (χ3v) is 5.25. The van der Waals surface area contributed by atoms with Crippen molar-refractivity contribution >= 4 is 35.8 Å². The van der Waals surface area contributed by atoms with Crippen molar-refractivity contribution in [3.63, 3.8) is 0 Å². The lowest BCUT2D eigenvalue weighted by atomic mass is 10.1. The van der Waals surface area contributed by atoms with Crippen molar-refractivity contribution in [2.24, 2.45) is 4.99 Å². The van der Waals surface area contributed by atoms with Gasteiger partial charge in [0.1, 0.15) is 6.10 Å². The second kappa shape index (κ2) is 11.7. The first-order valence-corrected chi connectivity index (χ1v) is 10.2. The Balaban J connectivity index is 0.00000300. The summed E-state index contributed by atoms with van der Waals surface area (Å²) in [4.78, 5) is 23.3. The van der Waals surface area contributed by atoms with Gasteiger partial charge in [-0.15, -0.1) is 24.0 Å². The lowest BCUT2D eigenvalue weighted by Gasteiger charge is -2.37. The first-order valence-electron chi connectivity index (χ1n) is 10.2. The molecular weight excluding hydrogens is 481 g/mol. The quantitative estimate of drug-likeness (QED) is 0.368. The minimum Gasteiger partial charge on any atom is -0.368 e. The van der Waals surface area contributed by atoms with Gasteiger partial charge in [-0.1, -0.05) is 24.3 Å².